The van der Waals surface area contributed by atoms with Crippen LogP contribution < -0.4 is 5.32 Å². The quantitative estimate of drug-likeness (QED) is 0.910. The second-order valence-corrected chi connectivity index (χ2v) is 4.94. The van der Waals surface area contributed by atoms with Gasteiger partial charge in [-0.05, 0) is 29.0 Å². The van der Waals surface area contributed by atoms with Gasteiger partial charge in [-0.1, -0.05) is 0 Å². The molecule has 4 nitrogen and oxygen atoms in total. The predicted molar refractivity (Wildman–Crippen MR) is 65.4 cm³/mol. The number of halogens is 1. The lowest BCUT2D eigenvalue weighted by Crippen LogP contribution is -2.44. The van der Waals surface area contributed by atoms with Gasteiger partial charge in [0.05, 0.1) is 30.0 Å². The van der Waals surface area contributed by atoms with Gasteiger partial charge in [-0.25, -0.2) is 0 Å². The van der Waals surface area contributed by atoms with E-state index in [0.717, 1.165) is 43.0 Å². The topological polar surface area (TPSA) is 37.6 Å². The van der Waals surface area contributed by atoms with Gasteiger partial charge in [0.2, 0.25) is 0 Å². The Hall–Kier alpha value is -0.360. The number of hydrogen-bond acceptors (Lipinski definition) is 4. The van der Waals surface area contributed by atoms with E-state index in [1.54, 1.807) is 6.26 Å². The third kappa shape index (κ3) is 3.31. The van der Waals surface area contributed by atoms with Crippen LogP contribution in [0.5, 0.6) is 0 Å². The first-order chi connectivity index (χ1) is 7.75. The van der Waals surface area contributed by atoms with Crippen LogP contribution in [-0.4, -0.2) is 44.3 Å². The molecule has 0 aromatic carbocycles. The highest BCUT2D eigenvalue weighted by molar-refractivity contribution is 9.10. The van der Waals surface area contributed by atoms with Crippen LogP contribution in [0.3, 0.4) is 0 Å². The summed E-state index contributed by atoms with van der Waals surface area (Å²) in [6.45, 7) is 4.42. The largest absolute Gasteiger partial charge is 0.467 e. The van der Waals surface area contributed by atoms with Crippen LogP contribution in [0, 0.1) is 0 Å². The Labute approximate surface area is 104 Å². The molecule has 1 aromatic heterocycles. The average Bonchev–Trinajstić information content (AvgIpc) is 2.66. The van der Waals surface area contributed by atoms with Crippen LogP contribution in [0.25, 0.3) is 0 Å². The zero-order chi connectivity index (χ0) is 11.4. The lowest BCUT2D eigenvalue weighted by Gasteiger charge is -2.27. The van der Waals surface area contributed by atoms with Gasteiger partial charge in [0, 0.05) is 19.6 Å². The Bertz CT molecular complexity index is 324. The molecule has 1 fully saturated rings. The first-order valence-corrected chi connectivity index (χ1v) is 6.28. The van der Waals surface area contributed by atoms with Crippen molar-refractivity contribution in [2.75, 3.05) is 33.3 Å². The number of morpholine rings is 1. The highest BCUT2D eigenvalue weighted by Gasteiger charge is 2.16. The van der Waals surface area contributed by atoms with Gasteiger partial charge >= 0.3 is 0 Å². The Morgan fingerprint density at radius 2 is 2.50 bits per heavy atom. The first kappa shape index (κ1) is 12.1. The minimum Gasteiger partial charge on any atom is -0.467 e. The van der Waals surface area contributed by atoms with E-state index in [9.17, 15) is 0 Å². The average molecular weight is 289 g/mol. The first-order valence-electron chi connectivity index (χ1n) is 5.48. The van der Waals surface area contributed by atoms with Crippen molar-refractivity contribution in [3.8, 4) is 0 Å². The molecule has 5 heteroatoms. The van der Waals surface area contributed by atoms with Gasteiger partial charge in [0.15, 0.2) is 0 Å². The molecule has 16 heavy (non-hydrogen) atoms. The molecule has 1 aromatic rings. The predicted octanol–water partition coefficient (Wildman–Crippen LogP) is 1.46. The molecule has 0 amide bonds. The maximum Gasteiger partial charge on any atom is 0.131 e. The normalized spacial score (nSPS) is 21.6. The lowest BCUT2D eigenvalue weighted by atomic mass is 10.3. The second-order valence-electron chi connectivity index (χ2n) is 4.09. The summed E-state index contributed by atoms with van der Waals surface area (Å²) in [5.74, 6) is 0.964. The zero-order valence-corrected chi connectivity index (χ0v) is 11.0. The van der Waals surface area contributed by atoms with Crippen molar-refractivity contribution < 1.29 is 9.15 Å². The van der Waals surface area contributed by atoms with Crippen molar-refractivity contribution in [3.63, 3.8) is 0 Å². The molecule has 0 radical (unpaired) electrons. The maximum atomic E-state index is 5.65. The van der Waals surface area contributed by atoms with Crippen molar-refractivity contribution >= 4 is 15.9 Å². The van der Waals surface area contributed by atoms with E-state index < -0.39 is 0 Å². The number of ether oxygens (including phenoxy) is 1. The Morgan fingerprint density at radius 1 is 1.62 bits per heavy atom. The molecule has 1 saturated heterocycles. The van der Waals surface area contributed by atoms with E-state index in [-0.39, 0.29) is 6.10 Å². The fourth-order valence-corrected chi connectivity index (χ4v) is 2.16. The number of nitrogens with one attached hydrogen (secondary N) is 1. The Balaban J connectivity index is 1.79. The van der Waals surface area contributed by atoms with Crippen LogP contribution in [0.4, 0.5) is 0 Å². The van der Waals surface area contributed by atoms with Crippen molar-refractivity contribution in [2.24, 2.45) is 0 Å². The molecule has 1 N–H and O–H groups in total. The zero-order valence-electron chi connectivity index (χ0n) is 9.41. The van der Waals surface area contributed by atoms with E-state index in [1.807, 2.05) is 6.07 Å². The van der Waals surface area contributed by atoms with Gasteiger partial charge < -0.3 is 14.5 Å². The molecule has 1 aliphatic heterocycles. The summed E-state index contributed by atoms with van der Waals surface area (Å²) in [7, 11) is 2.08. The molecule has 90 valence electrons. The van der Waals surface area contributed by atoms with Crippen LogP contribution in [-0.2, 0) is 11.3 Å². The van der Waals surface area contributed by atoms with Crippen LogP contribution >= 0.6 is 15.9 Å². The summed E-state index contributed by atoms with van der Waals surface area (Å²) in [5.41, 5.74) is 0. The smallest absolute Gasteiger partial charge is 0.131 e. The lowest BCUT2D eigenvalue weighted by molar-refractivity contribution is 0.00793. The van der Waals surface area contributed by atoms with Crippen LogP contribution in [0.2, 0.25) is 0 Å². The third-order valence-corrected chi connectivity index (χ3v) is 3.33. The molecular formula is C11H17BrN2O2. The van der Waals surface area contributed by atoms with Gasteiger partial charge in [0.1, 0.15) is 5.76 Å². The highest BCUT2D eigenvalue weighted by atomic mass is 79.9. The maximum absolute atomic E-state index is 5.65. The molecule has 1 aliphatic rings. The molecule has 0 spiro atoms. The number of likely N-dealkylation sites (N-methyl/N-ethyl adjacent to an activating group) is 1. The monoisotopic (exact) mass is 288 g/mol. The number of rotatable bonds is 4. The van der Waals surface area contributed by atoms with E-state index in [2.05, 4.69) is 33.2 Å². The summed E-state index contributed by atoms with van der Waals surface area (Å²) in [5, 5.41) is 3.33. The van der Waals surface area contributed by atoms with Crippen molar-refractivity contribution in [1.29, 1.82) is 0 Å². The van der Waals surface area contributed by atoms with Crippen LogP contribution in [0.1, 0.15) is 5.76 Å². The fraction of sp³-hybridized carbons (Fsp3) is 0.636. The summed E-state index contributed by atoms with van der Waals surface area (Å²) in [4.78, 5) is 2.21. The second kappa shape index (κ2) is 5.82. The van der Waals surface area contributed by atoms with E-state index in [4.69, 9.17) is 9.15 Å². The number of nitrogens with zero attached hydrogens (tertiary/aromatic N) is 1. The van der Waals surface area contributed by atoms with Crippen molar-refractivity contribution in [3.05, 3.63) is 22.6 Å². The minimum atomic E-state index is 0.285. The SMILES string of the molecule is CN(Cc1occc1Br)CC1CNCCO1. The molecule has 0 saturated carbocycles. The molecule has 1 atom stereocenters. The van der Waals surface area contributed by atoms with Crippen molar-refractivity contribution in [2.45, 2.75) is 12.6 Å². The molecule has 2 rings (SSSR count). The van der Waals surface area contributed by atoms with Gasteiger partial charge in [0.25, 0.3) is 0 Å². The van der Waals surface area contributed by atoms with E-state index in [0.29, 0.717) is 0 Å². The Morgan fingerprint density at radius 3 is 3.12 bits per heavy atom. The summed E-state index contributed by atoms with van der Waals surface area (Å²) >= 11 is 3.46. The van der Waals surface area contributed by atoms with Gasteiger partial charge in [-0.2, -0.15) is 0 Å². The fourth-order valence-electron chi connectivity index (χ4n) is 1.83. The third-order valence-electron chi connectivity index (χ3n) is 2.62. The summed E-state index contributed by atoms with van der Waals surface area (Å²) < 4.78 is 12.1. The molecule has 1 unspecified atom stereocenters. The van der Waals surface area contributed by atoms with E-state index in [1.165, 1.54) is 0 Å². The molecular weight excluding hydrogens is 272 g/mol. The number of hydrogen-bond donors (Lipinski definition) is 1. The minimum absolute atomic E-state index is 0.285. The van der Waals surface area contributed by atoms with Gasteiger partial charge in [-0.3, -0.25) is 4.90 Å². The summed E-state index contributed by atoms with van der Waals surface area (Å²) in [6.07, 6.45) is 1.99. The van der Waals surface area contributed by atoms with Gasteiger partial charge in [-0.15, -0.1) is 0 Å². The number of furan rings is 1. The Kier molecular flexibility index (Phi) is 4.40. The standard InChI is InChI=1S/C11H17BrN2O2/c1-14(7-9-6-13-3-5-15-9)8-11-10(12)2-4-16-11/h2,4,9,13H,3,5-8H2,1H3. The van der Waals surface area contributed by atoms with Crippen LogP contribution in [0.15, 0.2) is 21.2 Å². The highest BCUT2D eigenvalue weighted by Crippen LogP contribution is 2.19. The molecule has 0 bridgehead atoms. The van der Waals surface area contributed by atoms with E-state index >= 15 is 0 Å². The summed E-state index contributed by atoms with van der Waals surface area (Å²) in [6, 6.07) is 1.92. The molecule has 2 heterocycles. The van der Waals surface area contributed by atoms with Crippen molar-refractivity contribution in [1.82, 2.24) is 10.2 Å². The molecule has 0 aliphatic carbocycles.